The Labute approximate surface area is 119 Å². The predicted molar refractivity (Wildman–Crippen MR) is 80.0 cm³/mol. The maximum absolute atomic E-state index is 5.93. The van der Waals surface area contributed by atoms with Crippen LogP contribution >= 0.6 is 11.6 Å². The Morgan fingerprint density at radius 2 is 1.89 bits per heavy atom. The molecule has 2 aromatic rings. The average molecular weight is 283 g/mol. The van der Waals surface area contributed by atoms with Gasteiger partial charge in [-0.25, -0.2) is 9.67 Å². The fraction of sp³-hybridized carbons (Fsp3) is 0.714. The molecule has 0 spiro atoms. The number of rotatable bonds is 6. The van der Waals surface area contributed by atoms with Gasteiger partial charge in [-0.15, -0.1) is 11.6 Å². The third-order valence-corrected chi connectivity index (χ3v) is 3.93. The van der Waals surface area contributed by atoms with Crippen LogP contribution in [0.25, 0.3) is 11.2 Å². The summed E-state index contributed by atoms with van der Waals surface area (Å²) in [6.45, 7) is 9.48. The molecule has 0 aromatic carbocycles. The summed E-state index contributed by atoms with van der Waals surface area (Å²) >= 11 is 5.93. The van der Waals surface area contributed by atoms with E-state index < -0.39 is 0 Å². The molecule has 0 fully saturated rings. The zero-order valence-electron chi connectivity index (χ0n) is 12.3. The Bertz CT molecular complexity index is 551. The van der Waals surface area contributed by atoms with E-state index in [0.29, 0.717) is 11.9 Å². The highest BCUT2D eigenvalue weighted by Gasteiger charge is 2.21. The van der Waals surface area contributed by atoms with Gasteiger partial charge in [0.2, 0.25) is 0 Å². The zero-order chi connectivity index (χ0) is 14.0. The highest BCUT2D eigenvalue weighted by Crippen LogP contribution is 2.27. The van der Waals surface area contributed by atoms with E-state index in [1.807, 2.05) is 6.92 Å². The van der Waals surface area contributed by atoms with E-state index in [-0.39, 0.29) is 0 Å². The maximum atomic E-state index is 5.93. The lowest BCUT2D eigenvalue weighted by atomic mass is 10.1. The van der Waals surface area contributed by atoms with Gasteiger partial charge >= 0.3 is 0 Å². The van der Waals surface area contributed by atoms with Crippen molar-refractivity contribution in [3.63, 3.8) is 0 Å². The molecule has 0 saturated heterocycles. The molecular formula is C14H23ClN4. The summed E-state index contributed by atoms with van der Waals surface area (Å²) in [6.07, 6.45) is 3.02. The molecule has 19 heavy (non-hydrogen) atoms. The fourth-order valence-electron chi connectivity index (χ4n) is 2.75. The van der Waals surface area contributed by atoms with Gasteiger partial charge in [0.1, 0.15) is 11.3 Å². The summed E-state index contributed by atoms with van der Waals surface area (Å²) in [5.41, 5.74) is 3.21. The molecule has 0 amide bonds. The third kappa shape index (κ3) is 2.38. The normalized spacial score (nSPS) is 11.9. The number of nitrogens with zero attached hydrogens (tertiary/aromatic N) is 4. The summed E-state index contributed by atoms with van der Waals surface area (Å²) in [5, 5.41) is 4.58. The predicted octanol–water partition coefficient (Wildman–Crippen LogP) is 3.70. The van der Waals surface area contributed by atoms with Crippen LogP contribution in [0, 0.1) is 6.92 Å². The van der Waals surface area contributed by atoms with Gasteiger partial charge in [0, 0.05) is 24.9 Å². The lowest BCUT2D eigenvalue weighted by Gasteiger charge is -2.19. The lowest BCUT2D eigenvalue weighted by molar-refractivity contribution is 0.457. The van der Waals surface area contributed by atoms with E-state index in [2.05, 4.69) is 35.1 Å². The Morgan fingerprint density at radius 3 is 2.42 bits per heavy atom. The van der Waals surface area contributed by atoms with Crippen LogP contribution in [0.15, 0.2) is 0 Å². The van der Waals surface area contributed by atoms with Gasteiger partial charge in [-0.1, -0.05) is 13.8 Å². The smallest absolute Gasteiger partial charge is 0.159 e. The van der Waals surface area contributed by atoms with E-state index in [4.69, 9.17) is 16.6 Å². The number of halogens is 1. The van der Waals surface area contributed by atoms with E-state index >= 15 is 0 Å². The minimum absolute atomic E-state index is 0.476. The van der Waals surface area contributed by atoms with Crippen molar-refractivity contribution in [3.05, 3.63) is 11.5 Å². The van der Waals surface area contributed by atoms with E-state index in [9.17, 15) is 0 Å². The first-order valence-electron chi connectivity index (χ1n) is 7.17. The minimum atomic E-state index is 0.476. The molecule has 0 bridgehead atoms. The lowest BCUT2D eigenvalue weighted by Crippen LogP contribution is -2.14. The monoisotopic (exact) mass is 282 g/mol. The fourth-order valence-corrected chi connectivity index (χ4v) is 2.92. The highest BCUT2D eigenvalue weighted by molar-refractivity contribution is 6.17. The van der Waals surface area contributed by atoms with Crippen molar-refractivity contribution < 1.29 is 0 Å². The molecule has 0 N–H and O–H groups in total. The molecule has 0 aliphatic rings. The SMILES string of the molecule is CCC(CC)n1c(CCCl)nc2c(C)nn(CC)c21. The second-order valence-corrected chi connectivity index (χ2v) is 5.26. The summed E-state index contributed by atoms with van der Waals surface area (Å²) in [5.74, 6) is 1.71. The topological polar surface area (TPSA) is 35.6 Å². The molecule has 2 aromatic heterocycles. The first-order chi connectivity index (χ1) is 9.17. The summed E-state index contributed by atoms with van der Waals surface area (Å²) < 4.78 is 4.43. The number of aromatic nitrogens is 4. The summed E-state index contributed by atoms with van der Waals surface area (Å²) in [7, 11) is 0. The Kier molecular flexibility index (Phi) is 4.50. The Hall–Kier alpha value is -1.03. The van der Waals surface area contributed by atoms with Crippen molar-refractivity contribution in [2.45, 2.75) is 59.5 Å². The maximum Gasteiger partial charge on any atom is 0.159 e. The van der Waals surface area contributed by atoms with Crippen LogP contribution in [0.2, 0.25) is 0 Å². The van der Waals surface area contributed by atoms with E-state index in [1.165, 1.54) is 0 Å². The Balaban J connectivity index is 2.69. The van der Waals surface area contributed by atoms with Crippen LogP contribution in [-0.2, 0) is 13.0 Å². The van der Waals surface area contributed by atoms with Gasteiger partial charge in [-0.05, 0) is 26.7 Å². The van der Waals surface area contributed by atoms with E-state index in [0.717, 1.165) is 48.5 Å². The third-order valence-electron chi connectivity index (χ3n) is 3.74. The van der Waals surface area contributed by atoms with Crippen molar-refractivity contribution in [2.24, 2.45) is 0 Å². The Morgan fingerprint density at radius 1 is 1.21 bits per heavy atom. The largest absolute Gasteiger partial charge is 0.310 e. The van der Waals surface area contributed by atoms with Crippen LogP contribution in [0.1, 0.15) is 51.2 Å². The van der Waals surface area contributed by atoms with E-state index in [1.54, 1.807) is 0 Å². The van der Waals surface area contributed by atoms with Gasteiger partial charge < -0.3 is 4.57 Å². The quantitative estimate of drug-likeness (QED) is 0.757. The summed E-state index contributed by atoms with van der Waals surface area (Å²) in [6, 6.07) is 0.476. The second-order valence-electron chi connectivity index (χ2n) is 4.88. The van der Waals surface area contributed by atoms with Crippen molar-refractivity contribution in [2.75, 3.05) is 5.88 Å². The minimum Gasteiger partial charge on any atom is -0.310 e. The molecule has 0 atom stereocenters. The molecular weight excluding hydrogens is 260 g/mol. The second kappa shape index (κ2) is 5.95. The molecule has 2 heterocycles. The van der Waals surface area contributed by atoms with Crippen molar-refractivity contribution in [3.8, 4) is 0 Å². The molecule has 4 nitrogen and oxygen atoms in total. The van der Waals surface area contributed by atoms with Crippen molar-refractivity contribution in [1.82, 2.24) is 19.3 Å². The first-order valence-corrected chi connectivity index (χ1v) is 7.71. The number of fused-ring (bicyclic) bond motifs is 1. The number of aryl methyl sites for hydroxylation is 3. The first kappa shape index (κ1) is 14.4. The molecule has 0 aliphatic heterocycles. The molecule has 0 unspecified atom stereocenters. The van der Waals surface area contributed by atoms with Gasteiger partial charge in [0.05, 0.1) is 5.69 Å². The molecule has 2 rings (SSSR count). The van der Waals surface area contributed by atoms with Crippen LogP contribution in [0.4, 0.5) is 0 Å². The van der Waals surface area contributed by atoms with Gasteiger partial charge in [-0.2, -0.15) is 5.10 Å². The van der Waals surface area contributed by atoms with Gasteiger partial charge in [0.25, 0.3) is 0 Å². The highest BCUT2D eigenvalue weighted by atomic mass is 35.5. The molecule has 5 heteroatoms. The molecule has 0 saturated carbocycles. The molecule has 106 valence electrons. The summed E-state index contributed by atoms with van der Waals surface area (Å²) in [4.78, 5) is 4.78. The van der Waals surface area contributed by atoms with Crippen LogP contribution < -0.4 is 0 Å². The van der Waals surface area contributed by atoms with Crippen molar-refractivity contribution in [1.29, 1.82) is 0 Å². The van der Waals surface area contributed by atoms with Crippen LogP contribution in [-0.4, -0.2) is 25.2 Å². The zero-order valence-corrected chi connectivity index (χ0v) is 13.0. The molecule has 0 radical (unpaired) electrons. The van der Waals surface area contributed by atoms with Crippen LogP contribution in [0.5, 0.6) is 0 Å². The number of alkyl halides is 1. The van der Waals surface area contributed by atoms with Gasteiger partial charge in [-0.3, -0.25) is 0 Å². The standard InChI is InChI=1S/C14H23ClN4/c1-5-11(6-2)19-12(8-9-15)16-13-10(4)17-18(7-3)14(13)19/h11H,5-9H2,1-4H3. The number of hydrogen-bond acceptors (Lipinski definition) is 2. The number of hydrogen-bond donors (Lipinski definition) is 0. The number of imidazole rings is 1. The van der Waals surface area contributed by atoms with Crippen molar-refractivity contribution >= 4 is 22.8 Å². The van der Waals surface area contributed by atoms with Gasteiger partial charge in [0.15, 0.2) is 5.65 Å². The molecule has 0 aliphatic carbocycles. The van der Waals surface area contributed by atoms with Crippen LogP contribution in [0.3, 0.4) is 0 Å². The average Bonchev–Trinajstić information content (AvgIpc) is 2.91.